The molecule has 2 bridgehead atoms. The molecule has 6 unspecified atom stereocenters. The predicted octanol–water partition coefficient (Wildman–Crippen LogP) is 5.35. The van der Waals surface area contributed by atoms with Crippen LogP contribution in [0.2, 0.25) is 0 Å². The number of ether oxygens (including phenoxy) is 1. The van der Waals surface area contributed by atoms with Gasteiger partial charge in [0.2, 0.25) is 11.8 Å². The van der Waals surface area contributed by atoms with Crippen molar-refractivity contribution in [3.8, 4) is 5.75 Å². The lowest BCUT2D eigenvalue weighted by Crippen LogP contribution is -2.42. The molecule has 8 rings (SSSR count). The Hall–Kier alpha value is -4.75. The van der Waals surface area contributed by atoms with E-state index >= 15 is 0 Å². The van der Waals surface area contributed by atoms with Gasteiger partial charge in [0.25, 0.3) is 11.6 Å². The molecule has 2 aliphatic heterocycles. The molecule has 0 spiro atoms. The van der Waals surface area contributed by atoms with E-state index < -0.39 is 16.8 Å². The minimum Gasteiger partial charge on any atom is -0.483 e. The summed E-state index contributed by atoms with van der Waals surface area (Å²) in [6.45, 7) is 1.70. The lowest BCUT2D eigenvalue weighted by atomic mass is 9.68. The van der Waals surface area contributed by atoms with Gasteiger partial charge in [-0.2, -0.15) is 0 Å². The largest absolute Gasteiger partial charge is 0.483 e. The molecule has 1 aromatic heterocycles. The van der Waals surface area contributed by atoms with Gasteiger partial charge in [-0.1, -0.05) is 47.7 Å². The molecule has 3 heterocycles. The zero-order valence-electron chi connectivity index (χ0n) is 25.0. The molecule has 47 heavy (non-hydrogen) atoms. The fourth-order valence-electron chi connectivity index (χ4n) is 8.25. The predicted molar refractivity (Wildman–Crippen MR) is 176 cm³/mol. The number of imide groups is 1. The number of nitro groups is 1. The summed E-state index contributed by atoms with van der Waals surface area (Å²) >= 11 is 2.73. The van der Waals surface area contributed by atoms with Gasteiger partial charge in [-0.25, -0.2) is 0 Å². The lowest BCUT2D eigenvalue weighted by Gasteiger charge is -2.43. The maximum absolute atomic E-state index is 14.0. The molecule has 3 aromatic carbocycles. The van der Waals surface area contributed by atoms with E-state index in [1.54, 1.807) is 11.8 Å². The van der Waals surface area contributed by atoms with Crippen molar-refractivity contribution in [2.75, 3.05) is 16.8 Å². The zero-order valence-corrected chi connectivity index (χ0v) is 26.6. The summed E-state index contributed by atoms with van der Waals surface area (Å²) in [6.07, 6.45) is 0.709. The van der Waals surface area contributed by atoms with Crippen LogP contribution in [-0.2, 0) is 14.4 Å². The third kappa shape index (κ3) is 4.70. The summed E-state index contributed by atoms with van der Waals surface area (Å²) < 4.78 is 6.16. The number of nitrogens with zero attached hydrogens (tertiary/aromatic N) is 2. The minimum atomic E-state index is -0.530. The van der Waals surface area contributed by atoms with Crippen molar-refractivity contribution in [2.24, 2.45) is 29.6 Å². The third-order valence-electron chi connectivity index (χ3n) is 10.1. The average molecular weight is 669 g/mol. The Labute approximate surface area is 276 Å². The topological polar surface area (TPSA) is 152 Å². The molecular weight excluding hydrogens is 641 g/mol. The number of amides is 3. The standard InChI is InChI=1S/C34H28N4O7S2/c1-16-6-2-4-8-22(16)35-24(39)15-45-23-9-5-3-7-19(23)25-26-20-14-21(29(26)46-31-30(25)47-34(42)36-31)28-27(20)32(40)37(33(28)41)17-10-12-18(13-11-17)38(43)44/h2-13,20-21,25-29H,14-15H2,1H3,(H,35,39)(H,36,42)/t20?,21?,25-,26?,27?,28?,29?/m1/s1. The number of non-ortho nitro benzene ring substituents is 1. The van der Waals surface area contributed by atoms with E-state index in [-0.39, 0.29) is 63.8 Å². The van der Waals surface area contributed by atoms with Crippen LogP contribution >= 0.6 is 23.1 Å². The number of aromatic nitrogens is 1. The molecule has 3 amide bonds. The Balaban J connectivity index is 1.12. The number of H-pyrrole nitrogens is 1. The number of thiazole rings is 1. The first-order valence-electron chi connectivity index (χ1n) is 15.3. The van der Waals surface area contributed by atoms with E-state index in [4.69, 9.17) is 4.74 Å². The number of hydrogen-bond donors (Lipinski definition) is 2. The van der Waals surface area contributed by atoms with Gasteiger partial charge in [-0.05, 0) is 60.9 Å². The Kier molecular flexibility index (Phi) is 7.06. The molecule has 11 nitrogen and oxygen atoms in total. The fourth-order valence-corrected chi connectivity index (χ4v) is 11.1. The Morgan fingerprint density at radius 2 is 1.70 bits per heavy atom. The highest BCUT2D eigenvalue weighted by Crippen LogP contribution is 2.69. The van der Waals surface area contributed by atoms with Crippen molar-refractivity contribution in [3.63, 3.8) is 0 Å². The Morgan fingerprint density at radius 3 is 2.45 bits per heavy atom. The number of anilines is 2. The van der Waals surface area contributed by atoms with Crippen molar-refractivity contribution in [3.05, 3.63) is 109 Å². The van der Waals surface area contributed by atoms with Crippen LogP contribution in [0.3, 0.4) is 0 Å². The maximum Gasteiger partial charge on any atom is 0.305 e. The highest BCUT2D eigenvalue weighted by molar-refractivity contribution is 8.00. The van der Waals surface area contributed by atoms with Crippen LogP contribution < -0.4 is 19.8 Å². The average Bonchev–Trinajstić information content (AvgIpc) is 3.80. The first kappa shape index (κ1) is 29.6. The third-order valence-corrected chi connectivity index (χ3v) is 12.7. The summed E-state index contributed by atoms with van der Waals surface area (Å²) in [4.78, 5) is 69.1. The second-order valence-corrected chi connectivity index (χ2v) is 14.6. The van der Waals surface area contributed by atoms with Gasteiger partial charge < -0.3 is 15.0 Å². The van der Waals surface area contributed by atoms with Gasteiger partial charge in [-0.3, -0.25) is 34.2 Å². The van der Waals surface area contributed by atoms with Crippen LogP contribution in [-0.4, -0.2) is 39.5 Å². The number of benzene rings is 3. The molecule has 13 heteroatoms. The maximum atomic E-state index is 14.0. The number of aromatic amines is 1. The molecule has 238 valence electrons. The molecule has 2 aliphatic carbocycles. The second-order valence-electron chi connectivity index (χ2n) is 12.4. The summed E-state index contributed by atoms with van der Waals surface area (Å²) in [5, 5.41) is 14.8. The monoisotopic (exact) mass is 668 g/mol. The number of nitrogens with one attached hydrogen (secondary N) is 2. The Bertz CT molecular complexity index is 2020. The smallest absolute Gasteiger partial charge is 0.305 e. The van der Waals surface area contributed by atoms with Crippen LogP contribution in [0, 0.1) is 46.6 Å². The van der Waals surface area contributed by atoms with Crippen molar-refractivity contribution in [1.82, 2.24) is 4.98 Å². The molecule has 4 aliphatic rings. The van der Waals surface area contributed by atoms with E-state index in [0.29, 0.717) is 23.5 Å². The van der Waals surface area contributed by atoms with Crippen LogP contribution in [0.4, 0.5) is 17.1 Å². The van der Waals surface area contributed by atoms with Crippen molar-refractivity contribution < 1.29 is 24.0 Å². The minimum absolute atomic E-state index is 0.0324. The van der Waals surface area contributed by atoms with E-state index in [9.17, 15) is 29.3 Å². The normalized spacial score (nSPS) is 26.9. The first-order valence-corrected chi connectivity index (χ1v) is 17.0. The van der Waals surface area contributed by atoms with Crippen molar-refractivity contribution in [1.29, 1.82) is 0 Å². The number of thioether (sulfide) groups is 1. The van der Waals surface area contributed by atoms with Gasteiger partial charge in [-0.15, -0.1) is 11.8 Å². The molecular formula is C34H28N4O7S2. The number of fused-ring (bicyclic) bond motifs is 9. The first-order chi connectivity index (χ1) is 22.7. The Morgan fingerprint density at radius 1 is 1.00 bits per heavy atom. The van der Waals surface area contributed by atoms with Gasteiger partial charge in [0.15, 0.2) is 6.61 Å². The van der Waals surface area contributed by atoms with Crippen molar-refractivity contribution in [2.45, 2.75) is 29.5 Å². The summed E-state index contributed by atoms with van der Waals surface area (Å²) in [5.41, 5.74) is 2.68. The van der Waals surface area contributed by atoms with Crippen molar-refractivity contribution >= 4 is 57.9 Å². The SMILES string of the molecule is Cc1ccccc1NC(=O)COc1ccccc1[C@H]1c2sc(=O)[nH]c2SC2C3CC(C4C(=O)N(c5ccc([N+](=O)[O-])cc5)C(=O)C34)C21. The molecule has 2 saturated carbocycles. The zero-order chi connectivity index (χ0) is 32.6. The number of rotatable bonds is 7. The van der Waals surface area contributed by atoms with Crippen LogP contribution in [0.5, 0.6) is 5.75 Å². The molecule has 1 saturated heterocycles. The summed E-state index contributed by atoms with van der Waals surface area (Å²) in [6, 6.07) is 20.5. The number of carbonyl (C=O) groups is 3. The lowest BCUT2D eigenvalue weighted by molar-refractivity contribution is -0.384. The molecule has 3 fully saturated rings. The van der Waals surface area contributed by atoms with E-state index in [1.807, 2.05) is 55.5 Å². The summed E-state index contributed by atoms with van der Waals surface area (Å²) in [7, 11) is 0. The number of nitro benzene ring substituents is 1. The molecule has 7 atom stereocenters. The van der Waals surface area contributed by atoms with Gasteiger partial charge in [0.05, 0.1) is 27.5 Å². The van der Waals surface area contributed by atoms with Crippen LogP contribution in [0.25, 0.3) is 0 Å². The van der Waals surface area contributed by atoms with Crippen LogP contribution in [0.15, 0.2) is 82.6 Å². The quantitative estimate of drug-likeness (QED) is 0.152. The number of aryl methyl sites for hydroxylation is 1. The number of para-hydroxylation sites is 2. The van der Waals surface area contributed by atoms with Gasteiger partial charge in [0, 0.05) is 39.4 Å². The highest BCUT2D eigenvalue weighted by atomic mass is 32.2. The molecule has 0 radical (unpaired) electrons. The van der Waals surface area contributed by atoms with E-state index in [2.05, 4.69) is 10.3 Å². The molecule has 4 aromatic rings. The number of hydrogen-bond acceptors (Lipinski definition) is 9. The van der Waals surface area contributed by atoms with Crippen LogP contribution in [0.1, 0.15) is 28.3 Å². The summed E-state index contributed by atoms with van der Waals surface area (Å²) in [5.74, 6) is -1.94. The fraction of sp³-hybridized carbons (Fsp3) is 0.294. The molecule has 2 N–H and O–H groups in total. The second kappa shape index (κ2) is 11.2. The van der Waals surface area contributed by atoms with Gasteiger partial charge >= 0.3 is 4.87 Å². The van der Waals surface area contributed by atoms with E-state index in [1.165, 1.54) is 29.2 Å². The van der Waals surface area contributed by atoms with Gasteiger partial charge in [0.1, 0.15) is 5.75 Å². The van der Waals surface area contributed by atoms with E-state index in [0.717, 1.165) is 32.4 Å². The number of carbonyl (C=O) groups excluding carboxylic acids is 3. The highest BCUT2D eigenvalue weighted by Gasteiger charge is 2.69.